The van der Waals surface area contributed by atoms with Gasteiger partial charge < -0.3 is 4.74 Å². The van der Waals surface area contributed by atoms with Crippen LogP contribution in [0.1, 0.15) is 13.8 Å². The number of thiophene rings is 1. The Morgan fingerprint density at radius 1 is 1.26 bits per heavy atom. The lowest BCUT2D eigenvalue weighted by Crippen LogP contribution is -2.26. The lowest BCUT2D eigenvalue weighted by molar-refractivity contribution is -0.117. The van der Waals surface area contributed by atoms with E-state index in [1.165, 1.54) is 22.8 Å². The second kappa shape index (κ2) is 6.29. The zero-order valence-electron chi connectivity index (χ0n) is 12.8. The Kier molecular flexibility index (Phi) is 4.20. The normalized spacial score (nSPS) is 10.9. The highest BCUT2D eigenvalue weighted by Gasteiger charge is 2.20. The lowest BCUT2D eigenvalue weighted by atomic mass is 10.2. The van der Waals surface area contributed by atoms with Gasteiger partial charge in [-0.1, -0.05) is 46.8 Å². The first-order valence-corrected chi connectivity index (χ1v) is 8.01. The Balaban J connectivity index is 2.33. The third kappa shape index (κ3) is 2.87. The van der Waals surface area contributed by atoms with Gasteiger partial charge in [0.2, 0.25) is 5.06 Å². The summed E-state index contributed by atoms with van der Waals surface area (Å²) in [5, 5.41) is 8.32. The van der Waals surface area contributed by atoms with Crippen molar-refractivity contribution in [3.05, 3.63) is 40.8 Å². The minimum Gasteiger partial charge on any atom is -0.483 e. The monoisotopic (exact) mass is 329 g/mol. The van der Waals surface area contributed by atoms with Crippen LogP contribution < -0.4 is 10.4 Å². The number of Topliss-reactive ketones (excluding diaryl/α,β-unsaturated/α-hetero) is 1. The number of ketones is 1. The van der Waals surface area contributed by atoms with Crippen LogP contribution >= 0.6 is 11.3 Å². The molecule has 2 aromatic heterocycles. The minimum absolute atomic E-state index is 0.0457. The highest BCUT2D eigenvalue weighted by molar-refractivity contribution is 7.19. The molecule has 6 nitrogen and oxygen atoms in total. The van der Waals surface area contributed by atoms with E-state index in [9.17, 15) is 9.59 Å². The molecule has 7 heteroatoms. The first-order chi connectivity index (χ1) is 11.1. The average molecular weight is 329 g/mol. The van der Waals surface area contributed by atoms with Crippen molar-refractivity contribution in [3.63, 3.8) is 0 Å². The van der Waals surface area contributed by atoms with Crippen LogP contribution in [0.15, 0.2) is 35.1 Å². The zero-order chi connectivity index (χ0) is 16.4. The molecule has 0 atom stereocenters. The fraction of sp³-hybridized carbons (Fsp3) is 0.250. The number of rotatable bonds is 5. The second-order valence-electron chi connectivity index (χ2n) is 4.99. The predicted octanol–water partition coefficient (Wildman–Crippen LogP) is 2.51. The number of ether oxygens (including phenoxy) is 1. The summed E-state index contributed by atoms with van der Waals surface area (Å²) in [6.07, 6.45) is 0. The van der Waals surface area contributed by atoms with Gasteiger partial charge in [-0.05, 0) is 19.4 Å². The van der Waals surface area contributed by atoms with Crippen molar-refractivity contribution < 1.29 is 9.53 Å². The number of fused-ring (bicyclic) bond motifs is 1. The zero-order valence-corrected chi connectivity index (χ0v) is 13.6. The van der Waals surface area contributed by atoms with E-state index in [0.29, 0.717) is 22.7 Å². The summed E-state index contributed by atoms with van der Waals surface area (Å²) < 4.78 is 7.01. The van der Waals surface area contributed by atoms with E-state index in [1.54, 1.807) is 0 Å². The Morgan fingerprint density at radius 2 is 2.00 bits per heavy atom. The van der Waals surface area contributed by atoms with Crippen LogP contribution in [-0.4, -0.2) is 27.2 Å². The molecule has 0 N–H and O–H groups in total. The Bertz CT molecular complexity index is 915. The number of benzene rings is 1. The number of carbonyl (C=O) groups excluding carboxylic acids is 1. The molecule has 0 aliphatic heterocycles. The van der Waals surface area contributed by atoms with Gasteiger partial charge in [-0.15, -0.1) is 5.10 Å². The van der Waals surface area contributed by atoms with Gasteiger partial charge in [-0.25, -0.2) is 4.79 Å². The van der Waals surface area contributed by atoms with Gasteiger partial charge in [-0.2, -0.15) is 0 Å². The molecule has 0 saturated heterocycles. The lowest BCUT2D eigenvalue weighted by Gasteiger charge is -2.06. The van der Waals surface area contributed by atoms with E-state index in [2.05, 4.69) is 10.2 Å². The van der Waals surface area contributed by atoms with Crippen LogP contribution in [0.5, 0.6) is 5.06 Å². The second-order valence-corrected chi connectivity index (χ2v) is 5.97. The molecule has 0 radical (unpaired) electrons. The van der Waals surface area contributed by atoms with Gasteiger partial charge in [0, 0.05) is 0 Å². The van der Waals surface area contributed by atoms with E-state index in [1.807, 2.05) is 37.3 Å². The fourth-order valence-corrected chi connectivity index (χ4v) is 3.50. The van der Waals surface area contributed by atoms with Crippen molar-refractivity contribution in [2.24, 2.45) is 0 Å². The van der Waals surface area contributed by atoms with Gasteiger partial charge in [0.1, 0.15) is 16.8 Å². The van der Waals surface area contributed by atoms with Crippen LogP contribution in [-0.2, 0) is 11.3 Å². The molecule has 3 aromatic rings. The van der Waals surface area contributed by atoms with Crippen LogP contribution in [0.3, 0.4) is 0 Å². The topological polar surface area (TPSA) is 74.1 Å². The largest absolute Gasteiger partial charge is 0.483 e. The molecule has 0 saturated carbocycles. The van der Waals surface area contributed by atoms with Gasteiger partial charge in [-0.3, -0.25) is 9.36 Å². The van der Waals surface area contributed by atoms with E-state index < -0.39 is 5.69 Å². The number of hydrogen-bond donors (Lipinski definition) is 0. The molecular weight excluding hydrogens is 314 g/mol. The maximum atomic E-state index is 12.1. The molecule has 23 heavy (non-hydrogen) atoms. The summed E-state index contributed by atoms with van der Waals surface area (Å²) in [6, 6.07) is 9.72. The molecule has 0 amide bonds. The van der Waals surface area contributed by atoms with E-state index >= 15 is 0 Å². The Labute approximate surface area is 136 Å². The van der Waals surface area contributed by atoms with Crippen molar-refractivity contribution >= 4 is 28.2 Å². The SMILES string of the molecule is CCOc1sc(-c2ccccc2)c2nnc(=O)n(CC(C)=O)c12. The Morgan fingerprint density at radius 3 is 2.65 bits per heavy atom. The molecule has 1 aromatic carbocycles. The van der Waals surface area contributed by atoms with Crippen molar-refractivity contribution in [2.75, 3.05) is 6.61 Å². The molecular formula is C16H15N3O3S. The van der Waals surface area contributed by atoms with Gasteiger partial charge in [0.05, 0.1) is 18.0 Å². The van der Waals surface area contributed by atoms with Crippen LogP contribution in [0, 0.1) is 0 Å². The summed E-state index contributed by atoms with van der Waals surface area (Å²) in [7, 11) is 0. The molecule has 0 bridgehead atoms. The van der Waals surface area contributed by atoms with Crippen LogP contribution in [0.2, 0.25) is 0 Å². The molecule has 0 fully saturated rings. The molecule has 2 heterocycles. The van der Waals surface area contributed by atoms with Gasteiger partial charge >= 0.3 is 5.69 Å². The molecule has 3 rings (SSSR count). The van der Waals surface area contributed by atoms with Gasteiger partial charge in [0.25, 0.3) is 0 Å². The van der Waals surface area contributed by atoms with Crippen LogP contribution in [0.4, 0.5) is 0 Å². The van der Waals surface area contributed by atoms with E-state index in [-0.39, 0.29) is 12.3 Å². The minimum atomic E-state index is -0.550. The molecule has 0 aliphatic carbocycles. The summed E-state index contributed by atoms with van der Waals surface area (Å²) in [5.41, 5.74) is 1.53. The summed E-state index contributed by atoms with van der Waals surface area (Å²) in [6.45, 7) is 3.72. The van der Waals surface area contributed by atoms with Crippen molar-refractivity contribution in [1.29, 1.82) is 0 Å². The highest BCUT2D eigenvalue weighted by atomic mass is 32.1. The van der Waals surface area contributed by atoms with Crippen molar-refractivity contribution in [1.82, 2.24) is 14.8 Å². The average Bonchev–Trinajstić information content (AvgIpc) is 2.90. The first-order valence-electron chi connectivity index (χ1n) is 7.19. The predicted molar refractivity (Wildman–Crippen MR) is 89.0 cm³/mol. The maximum Gasteiger partial charge on any atom is 0.367 e. The fourth-order valence-electron chi connectivity index (χ4n) is 2.35. The highest BCUT2D eigenvalue weighted by Crippen LogP contribution is 2.41. The van der Waals surface area contributed by atoms with E-state index in [4.69, 9.17) is 4.74 Å². The number of hydrogen-bond acceptors (Lipinski definition) is 6. The van der Waals surface area contributed by atoms with E-state index in [0.717, 1.165) is 10.4 Å². The summed E-state index contributed by atoms with van der Waals surface area (Å²) in [4.78, 5) is 24.4. The molecule has 118 valence electrons. The quantitative estimate of drug-likeness (QED) is 0.719. The van der Waals surface area contributed by atoms with Crippen molar-refractivity contribution in [2.45, 2.75) is 20.4 Å². The van der Waals surface area contributed by atoms with Gasteiger partial charge in [0.15, 0.2) is 0 Å². The summed E-state index contributed by atoms with van der Waals surface area (Å²) in [5.74, 6) is -0.128. The number of nitrogens with zero attached hydrogens (tertiary/aromatic N) is 3. The number of carbonyl (C=O) groups is 1. The summed E-state index contributed by atoms with van der Waals surface area (Å²) >= 11 is 1.40. The third-order valence-electron chi connectivity index (χ3n) is 3.26. The maximum absolute atomic E-state index is 12.1. The molecule has 0 unspecified atom stereocenters. The standard InChI is InChI=1S/C16H15N3O3S/c1-3-22-15-13-12(14(23-15)11-7-5-4-6-8-11)17-18-16(21)19(13)9-10(2)20/h4-8H,3,9H2,1-2H3. The third-order valence-corrected chi connectivity index (χ3v) is 4.39. The molecule has 0 aliphatic rings. The van der Waals surface area contributed by atoms with Crippen molar-refractivity contribution in [3.8, 4) is 15.5 Å². The smallest absolute Gasteiger partial charge is 0.367 e. The van der Waals surface area contributed by atoms with Crippen LogP contribution in [0.25, 0.3) is 21.5 Å². The molecule has 0 spiro atoms. The number of aromatic nitrogens is 3. The Hall–Kier alpha value is -2.54. The first kappa shape index (κ1) is 15.4.